The fourth-order valence-corrected chi connectivity index (χ4v) is 3.91. The van der Waals surface area contributed by atoms with Gasteiger partial charge in [-0.15, -0.1) is 0 Å². The van der Waals surface area contributed by atoms with E-state index in [0.29, 0.717) is 28.9 Å². The fraction of sp³-hybridized carbons (Fsp3) is 0.240. The van der Waals surface area contributed by atoms with Crippen LogP contribution in [0.5, 0.6) is 0 Å². The number of hydrogen-bond donors (Lipinski definition) is 0. The summed E-state index contributed by atoms with van der Waals surface area (Å²) in [5, 5.41) is 4.44. The summed E-state index contributed by atoms with van der Waals surface area (Å²) in [4.78, 5) is 17.5. The van der Waals surface area contributed by atoms with Gasteiger partial charge in [0, 0.05) is 11.8 Å². The molecule has 33 heavy (non-hydrogen) atoms. The van der Waals surface area contributed by atoms with Crippen LogP contribution in [0.4, 0.5) is 13.2 Å². The Kier molecular flexibility index (Phi) is 5.93. The zero-order chi connectivity index (χ0) is 23.6. The number of carbonyl (C=O) groups excluding carboxylic acids is 1. The van der Waals surface area contributed by atoms with Crippen LogP contribution in [0.1, 0.15) is 30.7 Å². The van der Waals surface area contributed by atoms with Crippen LogP contribution in [0.15, 0.2) is 73.1 Å². The van der Waals surface area contributed by atoms with Gasteiger partial charge >= 0.3 is 12.1 Å². The third kappa shape index (κ3) is 4.33. The first-order valence-corrected chi connectivity index (χ1v) is 10.5. The third-order valence-electron chi connectivity index (χ3n) is 5.62. The number of rotatable bonds is 6. The molecule has 2 aromatic carbocycles. The van der Waals surface area contributed by atoms with E-state index >= 15 is 0 Å². The maximum Gasteiger partial charge on any atom is 0.416 e. The van der Waals surface area contributed by atoms with Gasteiger partial charge in [0.15, 0.2) is 5.65 Å². The standard InChI is InChI=1S/C25H22F3N3O2/c1-3-33-23(32)24(2,15-17-7-5-4-6-8-17)21-13-14-29-22-20(16-30-31(21)22)18-9-11-19(12-10-18)25(26,27)28/h4-14,16H,3,15H2,1-2H3. The van der Waals surface area contributed by atoms with E-state index in [0.717, 1.165) is 17.7 Å². The Morgan fingerprint density at radius 1 is 1.03 bits per heavy atom. The molecule has 1 unspecified atom stereocenters. The highest BCUT2D eigenvalue weighted by molar-refractivity contribution is 5.84. The van der Waals surface area contributed by atoms with Crippen LogP contribution in [-0.2, 0) is 27.5 Å². The summed E-state index contributed by atoms with van der Waals surface area (Å²) < 4.78 is 45.8. The van der Waals surface area contributed by atoms with Gasteiger partial charge in [-0.3, -0.25) is 4.79 Å². The molecule has 0 saturated heterocycles. The third-order valence-corrected chi connectivity index (χ3v) is 5.62. The normalized spacial score (nSPS) is 13.6. The molecule has 8 heteroatoms. The highest BCUT2D eigenvalue weighted by Gasteiger charge is 2.40. The summed E-state index contributed by atoms with van der Waals surface area (Å²) in [6.45, 7) is 3.78. The van der Waals surface area contributed by atoms with Crippen molar-refractivity contribution in [3.63, 3.8) is 0 Å². The molecule has 0 amide bonds. The van der Waals surface area contributed by atoms with E-state index in [1.807, 2.05) is 30.3 Å². The first-order chi connectivity index (χ1) is 15.7. The molecular formula is C25H22F3N3O2. The van der Waals surface area contributed by atoms with Gasteiger partial charge in [0.1, 0.15) is 5.41 Å². The molecule has 1 atom stereocenters. The van der Waals surface area contributed by atoms with Crippen molar-refractivity contribution in [2.75, 3.05) is 6.61 Å². The summed E-state index contributed by atoms with van der Waals surface area (Å²) in [5.41, 5.74) is 1.29. The Balaban J connectivity index is 1.81. The van der Waals surface area contributed by atoms with E-state index in [2.05, 4.69) is 10.1 Å². The molecule has 0 radical (unpaired) electrons. The topological polar surface area (TPSA) is 56.5 Å². The van der Waals surface area contributed by atoms with Crippen LogP contribution in [0.2, 0.25) is 0 Å². The number of fused-ring (bicyclic) bond motifs is 1. The predicted octanol–water partition coefficient (Wildman–Crippen LogP) is 5.48. The number of halogens is 3. The molecule has 0 N–H and O–H groups in total. The van der Waals surface area contributed by atoms with Crippen molar-refractivity contribution in [1.82, 2.24) is 14.6 Å². The van der Waals surface area contributed by atoms with Gasteiger partial charge in [0.05, 0.1) is 24.1 Å². The second-order valence-corrected chi connectivity index (χ2v) is 7.91. The Labute approximate surface area is 188 Å². The Morgan fingerprint density at radius 3 is 2.36 bits per heavy atom. The lowest BCUT2D eigenvalue weighted by atomic mass is 9.80. The van der Waals surface area contributed by atoms with Gasteiger partial charge in [-0.1, -0.05) is 42.5 Å². The lowest BCUT2D eigenvalue weighted by molar-refractivity contribution is -0.149. The number of alkyl halides is 3. The number of carbonyl (C=O) groups is 1. The van der Waals surface area contributed by atoms with Gasteiger partial charge < -0.3 is 4.74 Å². The number of esters is 1. The molecule has 0 aliphatic heterocycles. The van der Waals surface area contributed by atoms with E-state index in [9.17, 15) is 18.0 Å². The van der Waals surface area contributed by atoms with E-state index in [1.165, 1.54) is 12.1 Å². The number of ether oxygens (including phenoxy) is 1. The van der Waals surface area contributed by atoms with Crippen molar-refractivity contribution in [1.29, 1.82) is 0 Å². The van der Waals surface area contributed by atoms with Crippen LogP contribution in [-0.4, -0.2) is 27.2 Å². The minimum absolute atomic E-state index is 0.230. The van der Waals surface area contributed by atoms with Crippen molar-refractivity contribution in [2.24, 2.45) is 0 Å². The molecule has 0 fully saturated rings. The van der Waals surface area contributed by atoms with Gasteiger partial charge in [-0.25, -0.2) is 9.50 Å². The lowest BCUT2D eigenvalue weighted by Gasteiger charge is -2.28. The summed E-state index contributed by atoms with van der Waals surface area (Å²) in [6, 6.07) is 16.1. The molecule has 0 spiro atoms. The maximum atomic E-state index is 13.1. The monoisotopic (exact) mass is 453 g/mol. The van der Waals surface area contributed by atoms with Crippen molar-refractivity contribution in [3.05, 3.63) is 89.9 Å². The number of hydrogen-bond acceptors (Lipinski definition) is 4. The highest BCUT2D eigenvalue weighted by Crippen LogP contribution is 2.34. The van der Waals surface area contributed by atoms with Crippen LogP contribution in [0, 0.1) is 0 Å². The molecule has 0 bridgehead atoms. The maximum absolute atomic E-state index is 13.1. The molecule has 170 valence electrons. The van der Waals surface area contributed by atoms with Gasteiger partial charge in [-0.05, 0) is 49.6 Å². The average Bonchev–Trinajstić information content (AvgIpc) is 3.23. The average molecular weight is 453 g/mol. The first kappa shape index (κ1) is 22.5. The molecule has 2 aromatic heterocycles. The van der Waals surface area contributed by atoms with Gasteiger partial charge in [0.25, 0.3) is 0 Å². The quantitative estimate of drug-likeness (QED) is 0.363. The Bertz CT molecular complexity index is 1270. The molecule has 0 aliphatic carbocycles. The number of benzene rings is 2. The summed E-state index contributed by atoms with van der Waals surface area (Å²) in [7, 11) is 0. The zero-order valence-corrected chi connectivity index (χ0v) is 18.1. The largest absolute Gasteiger partial charge is 0.465 e. The first-order valence-electron chi connectivity index (χ1n) is 10.5. The lowest BCUT2D eigenvalue weighted by Crippen LogP contribution is -2.38. The number of nitrogens with zero attached hydrogens (tertiary/aromatic N) is 3. The Hall–Kier alpha value is -3.68. The molecule has 2 heterocycles. The Morgan fingerprint density at radius 2 is 1.73 bits per heavy atom. The van der Waals surface area contributed by atoms with Crippen molar-refractivity contribution >= 4 is 11.6 Å². The molecule has 4 rings (SSSR count). The second kappa shape index (κ2) is 8.69. The van der Waals surface area contributed by atoms with Crippen molar-refractivity contribution < 1.29 is 22.7 Å². The zero-order valence-electron chi connectivity index (χ0n) is 18.1. The van der Waals surface area contributed by atoms with Crippen molar-refractivity contribution in [2.45, 2.75) is 31.9 Å². The van der Waals surface area contributed by atoms with E-state index in [-0.39, 0.29) is 6.61 Å². The molecule has 4 aromatic rings. The fourth-order valence-electron chi connectivity index (χ4n) is 3.91. The van der Waals surface area contributed by atoms with Crippen LogP contribution in [0.3, 0.4) is 0 Å². The van der Waals surface area contributed by atoms with Crippen LogP contribution in [0.25, 0.3) is 16.8 Å². The second-order valence-electron chi connectivity index (χ2n) is 7.91. The highest BCUT2D eigenvalue weighted by atomic mass is 19.4. The van der Waals surface area contributed by atoms with Gasteiger partial charge in [0.2, 0.25) is 0 Å². The van der Waals surface area contributed by atoms with Crippen LogP contribution < -0.4 is 0 Å². The molecule has 5 nitrogen and oxygen atoms in total. The molecular weight excluding hydrogens is 431 g/mol. The van der Waals surface area contributed by atoms with E-state index in [1.54, 1.807) is 36.8 Å². The molecule has 0 aliphatic rings. The predicted molar refractivity (Wildman–Crippen MR) is 118 cm³/mol. The van der Waals surface area contributed by atoms with Crippen LogP contribution >= 0.6 is 0 Å². The minimum atomic E-state index is -4.41. The molecule has 0 saturated carbocycles. The summed E-state index contributed by atoms with van der Waals surface area (Å²) in [6.07, 6.45) is -0.921. The number of aromatic nitrogens is 3. The van der Waals surface area contributed by atoms with Crippen molar-refractivity contribution in [3.8, 4) is 11.1 Å². The minimum Gasteiger partial charge on any atom is -0.465 e. The summed E-state index contributed by atoms with van der Waals surface area (Å²) >= 11 is 0. The SMILES string of the molecule is CCOC(=O)C(C)(Cc1ccccc1)c1ccnc2c(-c3ccc(C(F)(F)F)cc3)cnn12. The van der Waals surface area contributed by atoms with E-state index < -0.39 is 23.1 Å². The smallest absolute Gasteiger partial charge is 0.416 e. The van der Waals surface area contributed by atoms with E-state index in [4.69, 9.17) is 4.74 Å². The van der Waals surface area contributed by atoms with Gasteiger partial charge in [-0.2, -0.15) is 18.3 Å². The summed E-state index contributed by atoms with van der Waals surface area (Å²) in [5.74, 6) is -0.395.